The first-order valence-electron chi connectivity index (χ1n) is 3.89. The lowest BCUT2D eigenvalue weighted by atomic mass is 10.2. The molecule has 2 rings (SSSR count). The highest BCUT2D eigenvalue weighted by Crippen LogP contribution is 2.41. The molecule has 0 aromatic heterocycles. The summed E-state index contributed by atoms with van der Waals surface area (Å²) in [5.41, 5.74) is 1.23. The summed E-state index contributed by atoms with van der Waals surface area (Å²) in [5, 5.41) is 1.16. The van der Waals surface area contributed by atoms with Crippen molar-refractivity contribution in [2.24, 2.45) is 4.40 Å². The molecular weight excluding hydrogens is 218 g/mol. The lowest BCUT2D eigenvalue weighted by Crippen LogP contribution is -1.92. The van der Waals surface area contributed by atoms with Crippen LogP contribution in [0, 0.1) is 0 Å². The summed E-state index contributed by atoms with van der Waals surface area (Å²) >= 11 is 5.34. The Kier molecular flexibility index (Phi) is 3.24. The zero-order valence-corrected chi connectivity index (χ0v) is 9.59. The van der Waals surface area contributed by atoms with Crippen molar-refractivity contribution < 1.29 is 0 Å². The molecule has 0 saturated heterocycles. The zero-order valence-electron chi connectivity index (χ0n) is 7.14. The van der Waals surface area contributed by atoms with Crippen molar-refractivity contribution >= 4 is 40.5 Å². The van der Waals surface area contributed by atoms with Crippen molar-refractivity contribution in [1.29, 1.82) is 0 Å². The smallest absolute Gasteiger partial charge is 0.123 e. The van der Waals surface area contributed by atoms with E-state index in [2.05, 4.69) is 34.9 Å². The normalized spacial score (nSPS) is 21.6. The molecule has 1 heterocycles. The quantitative estimate of drug-likeness (QED) is 0.718. The van der Waals surface area contributed by atoms with Crippen LogP contribution in [0.3, 0.4) is 0 Å². The van der Waals surface area contributed by atoms with Crippen molar-refractivity contribution in [3.8, 4) is 0 Å². The molecule has 1 nitrogen and oxygen atoms in total. The Labute approximate surface area is 90.9 Å². The van der Waals surface area contributed by atoms with E-state index in [1.807, 2.05) is 29.6 Å². The van der Waals surface area contributed by atoms with Gasteiger partial charge in [-0.05, 0) is 6.26 Å². The van der Waals surface area contributed by atoms with Crippen LogP contribution in [0.1, 0.15) is 5.56 Å². The fourth-order valence-electron chi connectivity index (χ4n) is 1.02. The monoisotopic (exact) mass is 227 g/mol. The third-order valence-corrected chi connectivity index (χ3v) is 5.59. The van der Waals surface area contributed by atoms with Crippen LogP contribution in [0.4, 0.5) is 0 Å². The van der Waals surface area contributed by atoms with Gasteiger partial charge < -0.3 is 0 Å². The SMILES string of the molecule is CSC1SN=C(c2ccccc2)S1. The Balaban J connectivity index is 2.12. The lowest BCUT2D eigenvalue weighted by Gasteiger charge is -2.01. The van der Waals surface area contributed by atoms with Crippen LogP contribution in [-0.2, 0) is 0 Å². The van der Waals surface area contributed by atoms with E-state index in [1.165, 1.54) is 5.56 Å². The Hall–Kier alpha value is -0.0600. The van der Waals surface area contributed by atoms with Gasteiger partial charge >= 0.3 is 0 Å². The van der Waals surface area contributed by atoms with Gasteiger partial charge in [0.1, 0.15) is 8.96 Å². The Morgan fingerprint density at radius 2 is 2.08 bits per heavy atom. The number of hydrogen-bond donors (Lipinski definition) is 0. The van der Waals surface area contributed by atoms with Crippen LogP contribution < -0.4 is 0 Å². The molecule has 0 fully saturated rings. The molecule has 1 atom stereocenters. The van der Waals surface area contributed by atoms with Crippen molar-refractivity contribution in [2.75, 3.05) is 6.26 Å². The summed E-state index contributed by atoms with van der Waals surface area (Å²) < 4.78 is 4.97. The molecule has 0 bridgehead atoms. The van der Waals surface area contributed by atoms with Crippen molar-refractivity contribution in [1.82, 2.24) is 0 Å². The molecule has 0 spiro atoms. The minimum Gasteiger partial charge on any atom is -0.207 e. The van der Waals surface area contributed by atoms with Crippen LogP contribution in [0.5, 0.6) is 0 Å². The molecule has 0 radical (unpaired) electrons. The van der Waals surface area contributed by atoms with Gasteiger partial charge in [-0.3, -0.25) is 0 Å². The second-order valence-corrected chi connectivity index (χ2v) is 6.31. The number of hydrogen-bond acceptors (Lipinski definition) is 4. The van der Waals surface area contributed by atoms with Crippen LogP contribution in [-0.4, -0.2) is 15.2 Å². The van der Waals surface area contributed by atoms with Gasteiger partial charge in [-0.2, -0.15) is 0 Å². The van der Waals surface area contributed by atoms with E-state index in [4.69, 9.17) is 0 Å². The van der Waals surface area contributed by atoms with Gasteiger partial charge in [0, 0.05) is 17.5 Å². The van der Waals surface area contributed by atoms with Gasteiger partial charge in [0.15, 0.2) is 0 Å². The van der Waals surface area contributed by atoms with E-state index in [0.29, 0.717) is 3.91 Å². The average Bonchev–Trinajstić information content (AvgIpc) is 2.67. The van der Waals surface area contributed by atoms with Gasteiger partial charge in [-0.1, -0.05) is 42.1 Å². The highest BCUT2D eigenvalue weighted by Gasteiger charge is 2.20. The first-order valence-corrected chi connectivity index (χ1v) is 6.89. The summed E-state index contributed by atoms with van der Waals surface area (Å²) in [4.78, 5) is 0. The minimum absolute atomic E-state index is 0.537. The number of nitrogens with zero attached hydrogens (tertiary/aromatic N) is 1. The zero-order chi connectivity index (χ0) is 9.10. The van der Waals surface area contributed by atoms with Gasteiger partial charge in [-0.15, -0.1) is 11.8 Å². The van der Waals surface area contributed by atoms with Gasteiger partial charge in [0.25, 0.3) is 0 Å². The maximum absolute atomic E-state index is 4.43. The molecule has 1 aromatic rings. The summed E-state index contributed by atoms with van der Waals surface area (Å²) in [5.74, 6) is 0. The minimum atomic E-state index is 0.537. The first kappa shape index (κ1) is 9.49. The molecule has 68 valence electrons. The number of benzene rings is 1. The molecule has 0 saturated carbocycles. The predicted molar refractivity (Wildman–Crippen MR) is 65.5 cm³/mol. The maximum Gasteiger partial charge on any atom is 0.123 e. The van der Waals surface area contributed by atoms with Crippen LogP contribution in [0.2, 0.25) is 0 Å². The van der Waals surface area contributed by atoms with E-state index in [9.17, 15) is 0 Å². The Morgan fingerprint density at radius 3 is 2.69 bits per heavy atom. The number of rotatable bonds is 2. The maximum atomic E-state index is 4.43. The third kappa shape index (κ3) is 2.24. The fourth-order valence-corrected chi connectivity index (χ4v) is 3.77. The third-order valence-electron chi connectivity index (χ3n) is 1.64. The Bertz CT molecular complexity index is 310. The van der Waals surface area contributed by atoms with Crippen LogP contribution in [0.15, 0.2) is 34.7 Å². The van der Waals surface area contributed by atoms with E-state index >= 15 is 0 Å². The van der Waals surface area contributed by atoms with E-state index in [0.717, 1.165) is 5.04 Å². The average molecular weight is 227 g/mol. The molecule has 1 aromatic carbocycles. The molecule has 0 aliphatic carbocycles. The van der Waals surface area contributed by atoms with Crippen LogP contribution >= 0.6 is 35.5 Å². The first-order chi connectivity index (χ1) is 6.40. The molecule has 0 amide bonds. The number of thioether (sulfide) groups is 2. The van der Waals surface area contributed by atoms with Crippen LogP contribution in [0.25, 0.3) is 0 Å². The summed E-state index contributed by atoms with van der Waals surface area (Å²) in [6.45, 7) is 0. The molecule has 1 aliphatic rings. The molecule has 0 N–H and O–H groups in total. The molecule has 1 aliphatic heterocycles. The van der Waals surface area contributed by atoms with Gasteiger partial charge in [0.2, 0.25) is 0 Å². The second-order valence-electron chi connectivity index (χ2n) is 2.51. The standard InChI is InChI=1S/C9H9NS3/c1-11-9-12-8(10-13-9)7-5-3-2-4-6-7/h2-6,9H,1H3. The highest BCUT2D eigenvalue weighted by molar-refractivity contribution is 8.39. The van der Waals surface area contributed by atoms with Crippen molar-refractivity contribution in [2.45, 2.75) is 3.91 Å². The fraction of sp³-hybridized carbons (Fsp3) is 0.222. The van der Waals surface area contributed by atoms with E-state index in [1.54, 1.807) is 11.9 Å². The van der Waals surface area contributed by atoms with Gasteiger partial charge in [-0.25, -0.2) is 4.40 Å². The van der Waals surface area contributed by atoms with E-state index < -0.39 is 0 Å². The van der Waals surface area contributed by atoms with Gasteiger partial charge in [0.05, 0.1) is 0 Å². The topological polar surface area (TPSA) is 12.4 Å². The Morgan fingerprint density at radius 1 is 1.31 bits per heavy atom. The predicted octanol–water partition coefficient (Wildman–Crippen LogP) is 3.47. The van der Waals surface area contributed by atoms with E-state index in [-0.39, 0.29) is 0 Å². The largest absolute Gasteiger partial charge is 0.207 e. The summed E-state index contributed by atoms with van der Waals surface area (Å²) in [6, 6.07) is 10.3. The molecular formula is C9H9NS3. The molecule has 1 unspecified atom stereocenters. The summed E-state index contributed by atoms with van der Waals surface area (Å²) in [6.07, 6.45) is 2.12. The molecule has 4 heteroatoms. The lowest BCUT2D eigenvalue weighted by molar-refractivity contribution is 1.67. The highest BCUT2D eigenvalue weighted by atomic mass is 32.3. The van der Waals surface area contributed by atoms with Crippen molar-refractivity contribution in [3.05, 3.63) is 35.9 Å². The molecule has 13 heavy (non-hydrogen) atoms. The van der Waals surface area contributed by atoms with Crippen molar-refractivity contribution in [3.63, 3.8) is 0 Å². The summed E-state index contributed by atoms with van der Waals surface area (Å²) in [7, 11) is 0. The second kappa shape index (κ2) is 4.44.